The highest BCUT2D eigenvalue weighted by Crippen LogP contribution is 2.22. The van der Waals surface area contributed by atoms with Crippen molar-refractivity contribution in [3.8, 4) is 11.3 Å². The molecular weight excluding hydrogens is 270 g/mol. The summed E-state index contributed by atoms with van der Waals surface area (Å²) >= 11 is 5.12. The normalized spacial score (nSPS) is 10.3. The number of halogens is 1. The van der Waals surface area contributed by atoms with Crippen molar-refractivity contribution in [2.24, 2.45) is 0 Å². The lowest BCUT2D eigenvalue weighted by Gasteiger charge is -2.02. The van der Waals surface area contributed by atoms with Crippen LogP contribution in [0.2, 0.25) is 0 Å². The molecule has 2 aromatic rings. The Morgan fingerprint density at radius 2 is 1.80 bits per heavy atom. The lowest BCUT2D eigenvalue weighted by Crippen LogP contribution is -1.83. The molecule has 0 radical (unpaired) electrons. The number of benzene rings is 1. The molecule has 0 amide bonds. The van der Waals surface area contributed by atoms with E-state index in [0.717, 1.165) is 15.9 Å². The monoisotopic (exact) mass is 279 g/mol. The van der Waals surface area contributed by atoms with Crippen LogP contribution in [0.5, 0.6) is 0 Å². The van der Waals surface area contributed by atoms with Crippen molar-refractivity contribution in [3.05, 3.63) is 47.1 Å². The Bertz CT molecular complexity index is 453. The van der Waals surface area contributed by atoms with Gasteiger partial charge in [0.05, 0.1) is 5.69 Å². The van der Waals surface area contributed by atoms with E-state index in [0.29, 0.717) is 0 Å². The van der Waals surface area contributed by atoms with Crippen LogP contribution in [0.1, 0.15) is 0 Å². The Morgan fingerprint density at radius 1 is 1.07 bits per heavy atom. The van der Waals surface area contributed by atoms with E-state index in [1.165, 1.54) is 4.90 Å². The van der Waals surface area contributed by atoms with E-state index >= 15 is 0 Å². The summed E-state index contributed by atoms with van der Waals surface area (Å²) in [5.74, 6) is 0. The fraction of sp³-hybridized carbons (Fsp3) is 0.0833. The maximum atomic E-state index is 4.41. The predicted molar refractivity (Wildman–Crippen MR) is 69.2 cm³/mol. The molecule has 0 N–H and O–H groups in total. The topological polar surface area (TPSA) is 12.9 Å². The number of hydrogen-bond donors (Lipinski definition) is 0. The van der Waals surface area contributed by atoms with Gasteiger partial charge in [0.15, 0.2) is 0 Å². The molecule has 0 saturated carbocycles. The van der Waals surface area contributed by atoms with Gasteiger partial charge in [0, 0.05) is 10.5 Å². The third-order valence-corrected chi connectivity index (χ3v) is 3.29. The van der Waals surface area contributed by atoms with E-state index in [1.807, 2.05) is 18.2 Å². The van der Waals surface area contributed by atoms with Crippen LogP contribution >= 0.6 is 27.7 Å². The highest BCUT2D eigenvalue weighted by atomic mass is 79.9. The van der Waals surface area contributed by atoms with Crippen LogP contribution in [-0.4, -0.2) is 11.2 Å². The molecule has 0 aliphatic heterocycles. The second-order valence-corrected chi connectivity index (χ2v) is 4.77. The highest BCUT2D eigenvalue weighted by molar-refractivity contribution is 9.10. The van der Waals surface area contributed by atoms with Gasteiger partial charge in [-0.3, -0.25) is 0 Å². The molecule has 0 aliphatic carbocycles. The minimum absolute atomic E-state index is 0.869. The van der Waals surface area contributed by atoms with E-state index in [2.05, 4.69) is 51.4 Å². The van der Waals surface area contributed by atoms with Crippen molar-refractivity contribution >= 4 is 27.7 Å². The molecule has 15 heavy (non-hydrogen) atoms. The lowest BCUT2D eigenvalue weighted by molar-refractivity contribution is 1.27. The Labute approximate surface area is 102 Å². The van der Waals surface area contributed by atoms with Crippen LogP contribution in [0, 0.1) is 0 Å². The Hall–Kier alpha value is -0.800. The summed E-state index contributed by atoms with van der Waals surface area (Å²) < 4.78 is 0.869. The van der Waals surface area contributed by atoms with Gasteiger partial charge in [-0.05, 0) is 46.5 Å². The molecule has 0 unspecified atom stereocenters. The van der Waals surface area contributed by atoms with Crippen molar-refractivity contribution in [3.63, 3.8) is 0 Å². The van der Waals surface area contributed by atoms with Crippen LogP contribution in [0.15, 0.2) is 52.0 Å². The molecule has 0 atom stereocenters. The highest BCUT2D eigenvalue weighted by Gasteiger charge is 1.99. The van der Waals surface area contributed by atoms with Crippen molar-refractivity contribution < 1.29 is 0 Å². The molecule has 0 aliphatic rings. The average Bonchev–Trinajstić information content (AvgIpc) is 2.29. The summed E-state index contributed by atoms with van der Waals surface area (Å²) in [7, 11) is 0. The quantitative estimate of drug-likeness (QED) is 0.603. The van der Waals surface area contributed by atoms with Gasteiger partial charge in [0.1, 0.15) is 4.60 Å². The largest absolute Gasteiger partial charge is 0.241 e. The second-order valence-electron chi connectivity index (χ2n) is 3.07. The minimum atomic E-state index is 0.869. The summed E-state index contributed by atoms with van der Waals surface area (Å²) in [5.41, 5.74) is 2.14. The van der Waals surface area contributed by atoms with E-state index in [4.69, 9.17) is 0 Å². The van der Waals surface area contributed by atoms with Gasteiger partial charge in [-0.1, -0.05) is 18.2 Å². The van der Waals surface area contributed by atoms with Gasteiger partial charge in [-0.2, -0.15) is 0 Å². The summed E-state index contributed by atoms with van der Waals surface area (Å²) in [6, 6.07) is 14.4. The SMILES string of the molecule is CSc1ccc(-c2cccc(Br)n2)cc1. The first-order valence-corrected chi connectivity index (χ1v) is 6.58. The number of rotatable bonds is 2. The molecule has 1 nitrogen and oxygen atoms in total. The van der Waals surface area contributed by atoms with Crippen molar-refractivity contribution in [2.45, 2.75) is 4.90 Å². The van der Waals surface area contributed by atoms with Crippen LogP contribution < -0.4 is 0 Å². The fourth-order valence-corrected chi connectivity index (χ4v) is 2.08. The van der Waals surface area contributed by atoms with Gasteiger partial charge in [0.2, 0.25) is 0 Å². The molecule has 1 aromatic carbocycles. The van der Waals surface area contributed by atoms with Gasteiger partial charge in [0.25, 0.3) is 0 Å². The van der Waals surface area contributed by atoms with Gasteiger partial charge >= 0.3 is 0 Å². The first kappa shape index (κ1) is 10.7. The summed E-state index contributed by atoms with van der Waals surface area (Å²) in [4.78, 5) is 5.68. The molecular formula is C12H10BrNS. The zero-order chi connectivity index (χ0) is 10.7. The predicted octanol–water partition coefficient (Wildman–Crippen LogP) is 4.23. The van der Waals surface area contributed by atoms with Crippen LogP contribution in [0.25, 0.3) is 11.3 Å². The van der Waals surface area contributed by atoms with Crippen molar-refractivity contribution in [1.82, 2.24) is 4.98 Å². The van der Waals surface area contributed by atoms with E-state index in [1.54, 1.807) is 11.8 Å². The van der Waals surface area contributed by atoms with Gasteiger partial charge in [-0.25, -0.2) is 4.98 Å². The number of thioether (sulfide) groups is 1. The summed E-state index contributed by atoms with van der Waals surface area (Å²) in [6.07, 6.45) is 2.08. The molecule has 0 spiro atoms. The lowest BCUT2D eigenvalue weighted by atomic mass is 10.1. The van der Waals surface area contributed by atoms with Crippen LogP contribution in [-0.2, 0) is 0 Å². The number of hydrogen-bond acceptors (Lipinski definition) is 2. The smallest absolute Gasteiger partial charge is 0.106 e. The van der Waals surface area contributed by atoms with Crippen LogP contribution in [0.3, 0.4) is 0 Å². The number of nitrogens with zero attached hydrogens (tertiary/aromatic N) is 1. The van der Waals surface area contributed by atoms with E-state index in [9.17, 15) is 0 Å². The second kappa shape index (κ2) is 4.81. The molecule has 0 bridgehead atoms. The molecule has 76 valence electrons. The molecule has 3 heteroatoms. The van der Waals surface area contributed by atoms with Crippen molar-refractivity contribution in [2.75, 3.05) is 6.26 Å². The molecule has 1 aromatic heterocycles. The third kappa shape index (κ3) is 2.61. The van der Waals surface area contributed by atoms with Gasteiger partial charge in [-0.15, -0.1) is 11.8 Å². The third-order valence-electron chi connectivity index (χ3n) is 2.10. The number of pyridine rings is 1. The standard InChI is InChI=1S/C12H10BrNS/c1-15-10-7-5-9(6-8-10)11-3-2-4-12(13)14-11/h2-8H,1H3. The first-order chi connectivity index (χ1) is 7.29. The van der Waals surface area contributed by atoms with E-state index < -0.39 is 0 Å². The summed E-state index contributed by atoms with van der Waals surface area (Å²) in [5, 5.41) is 0. The molecule has 0 saturated heterocycles. The Kier molecular flexibility index (Phi) is 3.44. The number of aromatic nitrogens is 1. The minimum Gasteiger partial charge on any atom is -0.241 e. The van der Waals surface area contributed by atoms with E-state index in [-0.39, 0.29) is 0 Å². The van der Waals surface area contributed by atoms with Crippen LogP contribution in [0.4, 0.5) is 0 Å². The molecule has 1 heterocycles. The van der Waals surface area contributed by atoms with Gasteiger partial charge < -0.3 is 0 Å². The van der Waals surface area contributed by atoms with Crippen molar-refractivity contribution in [1.29, 1.82) is 0 Å². The maximum Gasteiger partial charge on any atom is 0.106 e. The zero-order valence-corrected chi connectivity index (χ0v) is 10.7. The molecule has 2 rings (SSSR count). The fourth-order valence-electron chi connectivity index (χ4n) is 1.33. The first-order valence-electron chi connectivity index (χ1n) is 4.56. The summed E-state index contributed by atoms with van der Waals surface area (Å²) in [6.45, 7) is 0. The zero-order valence-electron chi connectivity index (χ0n) is 8.27. The Balaban J connectivity index is 2.37. The maximum absolute atomic E-state index is 4.41. The Morgan fingerprint density at radius 3 is 2.40 bits per heavy atom. The molecule has 0 fully saturated rings. The average molecular weight is 280 g/mol.